The fourth-order valence-electron chi connectivity index (χ4n) is 1.85. The summed E-state index contributed by atoms with van der Waals surface area (Å²) in [5.41, 5.74) is 1.10. The lowest BCUT2D eigenvalue weighted by molar-refractivity contribution is -0.0504. The minimum atomic E-state index is -2.88. The van der Waals surface area contributed by atoms with E-state index in [2.05, 4.69) is 21.9 Å². The number of nitrogens with one attached hydrogen (secondary N) is 2. The molecule has 0 aliphatic rings. The van der Waals surface area contributed by atoms with Crippen molar-refractivity contribution in [3.63, 3.8) is 0 Å². The maximum Gasteiger partial charge on any atom is 0.387 e. The third-order valence-electron chi connectivity index (χ3n) is 2.80. The molecule has 22 heavy (non-hydrogen) atoms. The van der Waals surface area contributed by atoms with Crippen molar-refractivity contribution in [3.8, 4) is 5.75 Å². The second-order valence-corrected chi connectivity index (χ2v) is 4.45. The van der Waals surface area contributed by atoms with Crippen molar-refractivity contribution in [2.24, 2.45) is 0 Å². The van der Waals surface area contributed by atoms with Gasteiger partial charge in [0.15, 0.2) is 0 Å². The van der Waals surface area contributed by atoms with E-state index < -0.39 is 6.61 Å². The largest absolute Gasteiger partial charge is 0.434 e. The van der Waals surface area contributed by atoms with Crippen LogP contribution in [0.4, 0.5) is 18.9 Å². The zero-order valence-corrected chi connectivity index (χ0v) is 11.7. The summed E-state index contributed by atoms with van der Waals surface area (Å²) in [6, 6.07) is 12.4. The molecule has 2 aromatic rings. The smallest absolute Gasteiger partial charge is 0.387 e. The van der Waals surface area contributed by atoms with Crippen LogP contribution in [0.25, 0.3) is 0 Å². The first kappa shape index (κ1) is 15.8. The highest BCUT2D eigenvalue weighted by molar-refractivity contribution is 5.47. The van der Waals surface area contributed by atoms with Crippen molar-refractivity contribution in [2.45, 2.75) is 13.2 Å². The second-order valence-electron chi connectivity index (χ2n) is 4.45. The molecule has 0 saturated carbocycles. The third kappa shape index (κ3) is 4.73. The Morgan fingerprint density at radius 3 is 2.64 bits per heavy atom. The first-order valence-corrected chi connectivity index (χ1v) is 6.52. The zero-order valence-electron chi connectivity index (χ0n) is 11.7. The van der Waals surface area contributed by atoms with Crippen molar-refractivity contribution in [2.75, 3.05) is 5.32 Å². The monoisotopic (exact) mass is 308 g/mol. The van der Waals surface area contributed by atoms with Gasteiger partial charge in [0.05, 0.1) is 5.82 Å². The quantitative estimate of drug-likeness (QED) is 0.808. The number of ether oxygens (including phenoxy) is 1. The predicted molar refractivity (Wildman–Crippen MR) is 79.1 cm³/mol. The van der Waals surface area contributed by atoms with Crippen LogP contribution in [0.15, 0.2) is 60.9 Å². The van der Waals surface area contributed by atoms with Crippen LogP contribution < -0.4 is 15.4 Å². The molecule has 0 aliphatic carbocycles. The van der Waals surface area contributed by atoms with Crippen molar-refractivity contribution in [1.82, 2.24) is 5.32 Å². The van der Waals surface area contributed by atoms with Gasteiger partial charge in [0.1, 0.15) is 11.6 Å². The highest BCUT2D eigenvalue weighted by Gasteiger charge is 2.09. The average molecular weight is 308 g/mol. The fourth-order valence-corrected chi connectivity index (χ4v) is 1.85. The van der Waals surface area contributed by atoms with Gasteiger partial charge in [0, 0.05) is 17.8 Å². The van der Waals surface area contributed by atoms with E-state index in [0.29, 0.717) is 17.1 Å². The van der Waals surface area contributed by atoms with Gasteiger partial charge in [-0.2, -0.15) is 8.78 Å². The Morgan fingerprint density at radius 2 is 1.91 bits per heavy atom. The van der Waals surface area contributed by atoms with E-state index in [4.69, 9.17) is 0 Å². The van der Waals surface area contributed by atoms with Crippen LogP contribution in [-0.2, 0) is 6.54 Å². The molecule has 0 atom stereocenters. The van der Waals surface area contributed by atoms with Gasteiger partial charge in [-0.15, -0.1) is 0 Å². The van der Waals surface area contributed by atoms with Gasteiger partial charge in [0.2, 0.25) is 0 Å². The van der Waals surface area contributed by atoms with Gasteiger partial charge in [0.25, 0.3) is 0 Å². The SMILES string of the molecule is C=C(NCc1ccccc1OC(F)F)Nc1cccc(F)c1. The van der Waals surface area contributed by atoms with Gasteiger partial charge >= 0.3 is 6.61 Å². The molecule has 3 nitrogen and oxygen atoms in total. The summed E-state index contributed by atoms with van der Waals surface area (Å²) in [6.07, 6.45) is 0. The lowest BCUT2D eigenvalue weighted by Gasteiger charge is -2.14. The van der Waals surface area contributed by atoms with E-state index in [1.165, 1.54) is 18.2 Å². The summed E-state index contributed by atoms with van der Waals surface area (Å²) in [5, 5.41) is 5.81. The van der Waals surface area contributed by atoms with E-state index in [-0.39, 0.29) is 18.1 Å². The Balaban J connectivity index is 1.94. The summed E-state index contributed by atoms with van der Waals surface area (Å²) >= 11 is 0. The minimum absolute atomic E-state index is 0.101. The van der Waals surface area contributed by atoms with Crippen molar-refractivity contribution < 1.29 is 17.9 Å². The van der Waals surface area contributed by atoms with Crippen LogP contribution in [0.2, 0.25) is 0 Å². The molecule has 2 N–H and O–H groups in total. The first-order valence-electron chi connectivity index (χ1n) is 6.52. The maximum atomic E-state index is 13.1. The molecule has 0 bridgehead atoms. The van der Waals surface area contributed by atoms with Crippen LogP contribution in [-0.4, -0.2) is 6.61 Å². The van der Waals surface area contributed by atoms with Crippen molar-refractivity contribution in [1.29, 1.82) is 0 Å². The summed E-state index contributed by atoms with van der Waals surface area (Å²) in [7, 11) is 0. The van der Waals surface area contributed by atoms with Crippen LogP contribution in [0, 0.1) is 5.82 Å². The Bertz CT molecular complexity index is 647. The van der Waals surface area contributed by atoms with Crippen LogP contribution in [0.3, 0.4) is 0 Å². The molecule has 2 rings (SSSR count). The van der Waals surface area contributed by atoms with Crippen LogP contribution in [0.5, 0.6) is 5.75 Å². The lowest BCUT2D eigenvalue weighted by atomic mass is 10.2. The molecule has 0 aromatic heterocycles. The number of hydrogen-bond acceptors (Lipinski definition) is 3. The van der Waals surface area contributed by atoms with E-state index >= 15 is 0 Å². The molecule has 0 spiro atoms. The molecular weight excluding hydrogens is 293 g/mol. The molecular formula is C16H15F3N2O. The average Bonchev–Trinajstić information content (AvgIpc) is 2.46. The van der Waals surface area contributed by atoms with Gasteiger partial charge < -0.3 is 15.4 Å². The zero-order chi connectivity index (χ0) is 15.9. The number of hydrogen-bond donors (Lipinski definition) is 2. The molecule has 0 radical (unpaired) electrons. The summed E-state index contributed by atoms with van der Waals surface area (Å²) in [6.45, 7) is 1.11. The van der Waals surface area contributed by atoms with Gasteiger partial charge in [-0.1, -0.05) is 30.8 Å². The molecule has 2 aromatic carbocycles. The van der Waals surface area contributed by atoms with Gasteiger partial charge in [-0.25, -0.2) is 4.39 Å². The first-order chi connectivity index (χ1) is 10.5. The molecule has 0 unspecified atom stereocenters. The second kappa shape index (κ2) is 7.40. The molecule has 0 saturated heterocycles. The highest BCUT2D eigenvalue weighted by Crippen LogP contribution is 2.20. The molecule has 0 heterocycles. The Labute approximate surface area is 126 Å². The third-order valence-corrected chi connectivity index (χ3v) is 2.80. The van der Waals surface area contributed by atoms with E-state index in [1.807, 2.05) is 0 Å². The minimum Gasteiger partial charge on any atom is -0.434 e. The standard InChI is InChI=1S/C16H15F3N2O/c1-11(21-14-7-4-6-13(17)9-14)20-10-12-5-2-3-8-15(12)22-16(18)19/h2-9,16,20-21H,1,10H2. The van der Waals surface area contributed by atoms with E-state index in [9.17, 15) is 13.2 Å². The normalized spacial score (nSPS) is 10.4. The number of anilines is 1. The van der Waals surface area contributed by atoms with E-state index in [1.54, 1.807) is 30.3 Å². The fraction of sp³-hybridized carbons (Fsp3) is 0.125. The molecule has 0 fully saturated rings. The summed E-state index contributed by atoms with van der Waals surface area (Å²) in [4.78, 5) is 0. The Kier molecular flexibility index (Phi) is 5.30. The van der Waals surface area contributed by atoms with Crippen LogP contribution in [0.1, 0.15) is 5.56 Å². The van der Waals surface area contributed by atoms with Crippen molar-refractivity contribution in [3.05, 3.63) is 72.3 Å². The summed E-state index contributed by atoms with van der Waals surface area (Å²) < 4.78 is 42.1. The number of rotatable bonds is 7. The Morgan fingerprint density at radius 1 is 1.14 bits per heavy atom. The number of alkyl halides is 2. The Hall–Kier alpha value is -2.63. The number of halogens is 3. The maximum absolute atomic E-state index is 13.1. The highest BCUT2D eigenvalue weighted by atomic mass is 19.3. The molecule has 0 aliphatic heterocycles. The number of benzene rings is 2. The molecule has 6 heteroatoms. The summed E-state index contributed by atoms with van der Waals surface area (Å²) in [5.74, 6) is 0.148. The predicted octanol–water partition coefficient (Wildman–Crippen LogP) is 4.10. The lowest BCUT2D eigenvalue weighted by Crippen LogP contribution is -2.19. The van der Waals surface area contributed by atoms with Crippen molar-refractivity contribution >= 4 is 5.69 Å². The van der Waals surface area contributed by atoms with Gasteiger partial charge in [-0.3, -0.25) is 0 Å². The van der Waals surface area contributed by atoms with E-state index in [0.717, 1.165) is 0 Å². The topological polar surface area (TPSA) is 33.3 Å². The molecule has 116 valence electrons. The van der Waals surface area contributed by atoms with Crippen LogP contribution >= 0.6 is 0 Å². The number of para-hydroxylation sites is 1. The molecule has 0 amide bonds. The van der Waals surface area contributed by atoms with Gasteiger partial charge in [-0.05, 0) is 24.3 Å².